The zero-order chi connectivity index (χ0) is 18.8. The second kappa shape index (κ2) is 7.32. The van der Waals surface area contributed by atoms with E-state index in [1.54, 1.807) is 25.1 Å². The summed E-state index contributed by atoms with van der Waals surface area (Å²) < 4.78 is 8.31. The number of fused-ring (bicyclic) bond motifs is 1. The third kappa shape index (κ3) is 3.75. The van der Waals surface area contributed by atoms with Gasteiger partial charge in [-0.25, -0.2) is 0 Å². The van der Waals surface area contributed by atoms with Gasteiger partial charge in [0.25, 0.3) is 5.91 Å². The summed E-state index contributed by atoms with van der Waals surface area (Å²) in [5.74, 6) is -0.0490. The van der Waals surface area contributed by atoms with Gasteiger partial charge in [0.15, 0.2) is 0 Å². The first-order chi connectivity index (χ1) is 13.1. The molecule has 2 heterocycles. The summed E-state index contributed by atoms with van der Waals surface area (Å²) in [5, 5.41) is 2.91. The number of carbonyl (C=O) groups excluding carboxylic acids is 2. The van der Waals surface area contributed by atoms with Crippen molar-refractivity contribution in [2.45, 2.75) is 6.92 Å². The van der Waals surface area contributed by atoms with Crippen LogP contribution in [0.3, 0.4) is 0 Å². The van der Waals surface area contributed by atoms with Crippen molar-refractivity contribution < 1.29 is 9.59 Å². The summed E-state index contributed by atoms with van der Waals surface area (Å²) in [6, 6.07) is 13.1. The van der Waals surface area contributed by atoms with Crippen molar-refractivity contribution in [1.82, 2.24) is 13.6 Å². The van der Waals surface area contributed by atoms with E-state index in [-0.39, 0.29) is 11.8 Å². The normalized spacial score (nSPS) is 14.4. The maximum atomic E-state index is 12.5. The van der Waals surface area contributed by atoms with E-state index in [0.29, 0.717) is 5.56 Å². The first-order valence-corrected chi connectivity index (χ1v) is 9.47. The summed E-state index contributed by atoms with van der Waals surface area (Å²) >= 11 is 1.14. The standard InChI is InChI=1S/C19H19N5O2S/c1-13(25)23-8-10-24(11-9-23)16-5-3-15(4-6-16)20-19(26)14-2-7-17-18(12-14)22-27-21-17/h2-7,12H,8-11H2,1H3,(H,20,26). The van der Waals surface area contributed by atoms with Gasteiger partial charge in [0.2, 0.25) is 5.91 Å². The highest BCUT2D eigenvalue weighted by molar-refractivity contribution is 7.00. The van der Waals surface area contributed by atoms with Crippen LogP contribution in [-0.2, 0) is 4.79 Å². The molecule has 2 amide bonds. The van der Waals surface area contributed by atoms with E-state index in [4.69, 9.17) is 0 Å². The molecule has 0 spiro atoms. The molecule has 0 radical (unpaired) electrons. The monoisotopic (exact) mass is 381 g/mol. The molecule has 1 saturated heterocycles. The predicted molar refractivity (Wildman–Crippen MR) is 106 cm³/mol. The minimum atomic E-state index is -0.173. The average Bonchev–Trinajstić information content (AvgIpc) is 3.16. The van der Waals surface area contributed by atoms with Gasteiger partial charge in [0, 0.05) is 50.0 Å². The van der Waals surface area contributed by atoms with Crippen molar-refractivity contribution in [3.05, 3.63) is 48.0 Å². The van der Waals surface area contributed by atoms with Crippen molar-refractivity contribution >= 4 is 46.0 Å². The highest BCUT2D eigenvalue weighted by Crippen LogP contribution is 2.21. The zero-order valence-corrected chi connectivity index (χ0v) is 15.7. The van der Waals surface area contributed by atoms with Crippen LogP contribution >= 0.6 is 11.7 Å². The Labute approximate surface area is 160 Å². The van der Waals surface area contributed by atoms with Gasteiger partial charge in [-0.2, -0.15) is 8.75 Å². The molecule has 0 bridgehead atoms. The van der Waals surface area contributed by atoms with Crippen molar-refractivity contribution in [1.29, 1.82) is 0 Å². The smallest absolute Gasteiger partial charge is 0.255 e. The Morgan fingerprint density at radius 2 is 1.67 bits per heavy atom. The maximum Gasteiger partial charge on any atom is 0.255 e. The maximum absolute atomic E-state index is 12.5. The number of anilines is 2. The lowest BCUT2D eigenvalue weighted by Gasteiger charge is -2.35. The molecule has 1 fully saturated rings. The largest absolute Gasteiger partial charge is 0.368 e. The number of amides is 2. The first-order valence-electron chi connectivity index (χ1n) is 8.74. The number of rotatable bonds is 3. The Balaban J connectivity index is 1.40. The molecule has 0 unspecified atom stereocenters. The second-order valence-electron chi connectivity index (χ2n) is 6.46. The molecule has 2 aromatic carbocycles. The Hall–Kier alpha value is -3.00. The number of carbonyl (C=O) groups is 2. The molecule has 138 valence electrons. The van der Waals surface area contributed by atoms with Crippen LogP contribution in [-0.4, -0.2) is 51.6 Å². The fourth-order valence-corrected chi connectivity index (χ4v) is 3.68. The van der Waals surface area contributed by atoms with Crippen molar-refractivity contribution in [3.8, 4) is 0 Å². The van der Waals surface area contributed by atoms with E-state index in [1.165, 1.54) is 0 Å². The van der Waals surface area contributed by atoms with Crippen LogP contribution < -0.4 is 10.2 Å². The molecule has 1 N–H and O–H groups in total. The molecular weight excluding hydrogens is 362 g/mol. The minimum absolute atomic E-state index is 0.124. The lowest BCUT2D eigenvalue weighted by atomic mass is 10.1. The van der Waals surface area contributed by atoms with Gasteiger partial charge in [-0.3, -0.25) is 9.59 Å². The number of nitrogens with one attached hydrogen (secondary N) is 1. The van der Waals surface area contributed by atoms with Crippen LogP contribution in [0.1, 0.15) is 17.3 Å². The average molecular weight is 381 g/mol. The molecule has 8 heteroatoms. The van der Waals surface area contributed by atoms with Gasteiger partial charge in [-0.1, -0.05) is 0 Å². The molecule has 7 nitrogen and oxygen atoms in total. The summed E-state index contributed by atoms with van der Waals surface area (Å²) in [5.41, 5.74) is 3.91. The van der Waals surface area contributed by atoms with Crippen molar-refractivity contribution in [2.75, 3.05) is 36.4 Å². The Morgan fingerprint density at radius 3 is 2.37 bits per heavy atom. The quantitative estimate of drug-likeness (QED) is 0.755. The van der Waals surface area contributed by atoms with Gasteiger partial charge in [-0.15, -0.1) is 0 Å². The van der Waals surface area contributed by atoms with E-state index in [0.717, 1.165) is 60.3 Å². The van der Waals surface area contributed by atoms with E-state index < -0.39 is 0 Å². The van der Waals surface area contributed by atoms with E-state index in [1.807, 2.05) is 29.2 Å². The molecule has 27 heavy (non-hydrogen) atoms. The van der Waals surface area contributed by atoms with E-state index in [9.17, 15) is 9.59 Å². The van der Waals surface area contributed by atoms with Gasteiger partial charge >= 0.3 is 0 Å². The third-order valence-electron chi connectivity index (χ3n) is 4.73. The van der Waals surface area contributed by atoms with E-state index >= 15 is 0 Å². The van der Waals surface area contributed by atoms with Crippen LogP contribution in [0.25, 0.3) is 11.0 Å². The molecule has 0 saturated carbocycles. The lowest BCUT2D eigenvalue weighted by Crippen LogP contribution is -2.48. The van der Waals surface area contributed by atoms with Crippen LogP contribution in [0.15, 0.2) is 42.5 Å². The number of aromatic nitrogens is 2. The number of hydrogen-bond acceptors (Lipinski definition) is 6. The Bertz CT molecular complexity index is 977. The summed E-state index contributed by atoms with van der Waals surface area (Å²) in [7, 11) is 0. The van der Waals surface area contributed by atoms with Gasteiger partial charge in [-0.05, 0) is 42.5 Å². The summed E-state index contributed by atoms with van der Waals surface area (Å²) in [6.45, 7) is 4.71. The fraction of sp³-hybridized carbons (Fsp3) is 0.263. The van der Waals surface area contributed by atoms with Crippen molar-refractivity contribution in [2.24, 2.45) is 0 Å². The first kappa shape index (κ1) is 17.4. The number of nitrogens with zero attached hydrogens (tertiary/aromatic N) is 4. The second-order valence-corrected chi connectivity index (χ2v) is 6.99. The molecule has 1 aliphatic heterocycles. The van der Waals surface area contributed by atoms with Gasteiger partial charge in [0.05, 0.1) is 11.7 Å². The number of piperazine rings is 1. The third-order valence-corrected chi connectivity index (χ3v) is 5.29. The van der Waals surface area contributed by atoms with Crippen LogP contribution in [0.4, 0.5) is 11.4 Å². The van der Waals surface area contributed by atoms with Crippen molar-refractivity contribution in [3.63, 3.8) is 0 Å². The highest BCUT2D eigenvalue weighted by Gasteiger charge is 2.18. The predicted octanol–water partition coefficient (Wildman–Crippen LogP) is 2.61. The minimum Gasteiger partial charge on any atom is -0.368 e. The SMILES string of the molecule is CC(=O)N1CCN(c2ccc(NC(=O)c3ccc4nsnc4c3)cc2)CC1. The lowest BCUT2D eigenvalue weighted by molar-refractivity contribution is -0.129. The van der Waals surface area contributed by atoms with E-state index in [2.05, 4.69) is 19.0 Å². The highest BCUT2D eigenvalue weighted by atomic mass is 32.1. The molecule has 1 aromatic heterocycles. The molecular formula is C19H19N5O2S. The molecule has 3 aromatic rings. The summed E-state index contributed by atoms with van der Waals surface area (Å²) in [6.07, 6.45) is 0. The molecule has 0 aliphatic carbocycles. The molecule has 4 rings (SSSR count). The van der Waals surface area contributed by atoms with Crippen LogP contribution in [0.2, 0.25) is 0 Å². The van der Waals surface area contributed by atoms with Gasteiger partial charge < -0.3 is 15.1 Å². The Kier molecular flexibility index (Phi) is 4.72. The van der Waals surface area contributed by atoms with Crippen LogP contribution in [0.5, 0.6) is 0 Å². The fourth-order valence-electron chi connectivity index (χ4n) is 3.16. The summed E-state index contributed by atoms with van der Waals surface area (Å²) in [4.78, 5) is 28.0. The number of benzene rings is 2. The molecule has 0 atom stereocenters. The number of hydrogen-bond donors (Lipinski definition) is 1. The molecule has 1 aliphatic rings. The topological polar surface area (TPSA) is 78.4 Å². The zero-order valence-electron chi connectivity index (χ0n) is 14.9. The van der Waals surface area contributed by atoms with Crippen LogP contribution in [0, 0.1) is 0 Å². The Morgan fingerprint density at radius 1 is 0.963 bits per heavy atom. The van der Waals surface area contributed by atoms with Gasteiger partial charge in [0.1, 0.15) is 11.0 Å².